The van der Waals surface area contributed by atoms with Gasteiger partial charge in [0.2, 0.25) is 0 Å². The van der Waals surface area contributed by atoms with Gasteiger partial charge < -0.3 is 15.8 Å². The maximum absolute atomic E-state index is 10.7. The number of amides is 1. The molecule has 0 spiro atoms. The number of piperidine rings is 1. The summed E-state index contributed by atoms with van der Waals surface area (Å²) in [4.78, 5) is 13.2. The zero-order valence-corrected chi connectivity index (χ0v) is 12.3. The van der Waals surface area contributed by atoms with E-state index in [0.717, 1.165) is 19.0 Å². The van der Waals surface area contributed by atoms with E-state index in [0.29, 0.717) is 11.8 Å². The predicted octanol–water partition coefficient (Wildman–Crippen LogP) is 0.735. The third-order valence-corrected chi connectivity index (χ3v) is 4.39. The molecule has 2 aliphatic heterocycles. The van der Waals surface area contributed by atoms with Crippen molar-refractivity contribution in [2.24, 2.45) is 11.7 Å². The van der Waals surface area contributed by atoms with Crippen LogP contribution in [0.5, 0.6) is 5.75 Å². The monoisotopic (exact) mass is 289 g/mol. The van der Waals surface area contributed by atoms with Crippen molar-refractivity contribution in [3.05, 3.63) is 29.8 Å². The van der Waals surface area contributed by atoms with Crippen LogP contribution in [0.15, 0.2) is 24.3 Å². The van der Waals surface area contributed by atoms with Crippen molar-refractivity contribution < 1.29 is 9.53 Å². The molecule has 114 valence electrons. The Morgan fingerprint density at radius 3 is 2.86 bits per heavy atom. The Labute approximate surface area is 125 Å². The molecule has 0 radical (unpaired) electrons. The van der Waals surface area contributed by atoms with Crippen LogP contribution >= 0.6 is 0 Å². The van der Waals surface area contributed by atoms with Crippen LogP contribution in [0.2, 0.25) is 0 Å². The molecular formula is C16H23N3O2. The number of likely N-dealkylation sites (tertiary alicyclic amines) is 1. The van der Waals surface area contributed by atoms with Gasteiger partial charge in [0.1, 0.15) is 5.75 Å². The molecule has 0 aromatic heterocycles. The van der Waals surface area contributed by atoms with Crippen molar-refractivity contribution in [3.8, 4) is 5.75 Å². The van der Waals surface area contributed by atoms with E-state index < -0.39 is 5.91 Å². The van der Waals surface area contributed by atoms with Gasteiger partial charge >= 0.3 is 0 Å². The molecule has 0 bridgehead atoms. The highest BCUT2D eigenvalue weighted by Crippen LogP contribution is 2.26. The summed E-state index contributed by atoms with van der Waals surface area (Å²) in [5, 5.41) is 3.63. The minimum Gasteiger partial charge on any atom is -0.484 e. The summed E-state index contributed by atoms with van der Waals surface area (Å²) in [6.45, 7) is 4.41. The van der Waals surface area contributed by atoms with Gasteiger partial charge in [-0.3, -0.25) is 9.69 Å². The van der Waals surface area contributed by atoms with E-state index in [1.165, 1.54) is 31.5 Å². The Balaban J connectivity index is 1.52. The Morgan fingerprint density at radius 1 is 1.33 bits per heavy atom. The van der Waals surface area contributed by atoms with Crippen LogP contribution in [-0.2, 0) is 11.3 Å². The fourth-order valence-electron chi connectivity index (χ4n) is 3.37. The molecule has 2 saturated heterocycles. The third-order valence-electron chi connectivity index (χ3n) is 4.39. The second-order valence-electron chi connectivity index (χ2n) is 6.06. The van der Waals surface area contributed by atoms with Crippen molar-refractivity contribution in [1.82, 2.24) is 10.2 Å². The van der Waals surface area contributed by atoms with Gasteiger partial charge in [0.25, 0.3) is 5.91 Å². The zero-order valence-electron chi connectivity index (χ0n) is 12.3. The van der Waals surface area contributed by atoms with E-state index in [-0.39, 0.29) is 6.61 Å². The average Bonchev–Trinajstić information content (AvgIpc) is 2.88. The molecule has 21 heavy (non-hydrogen) atoms. The number of hydrogen-bond donors (Lipinski definition) is 2. The summed E-state index contributed by atoms with van der Waals surface area (Å²) in [5.74, 6) is 1.05. The van der Waals surface area contributed by atoms with Crippen molar-refractivity contribution in [3.63, 3.8) is 0 Å². The van der Waals surface area contributed by atoms with Gasteiger partial charge in [-0.15, -0.1) is 0 Å². The maximum Gasteiger partial charge on any atom is 0.255 e. The first-order valence-electron chi connectivity index (χ1n) is 7.66. The first kappa shape index (κ1) is 14.4. The zero-order chi connectivity index (χ0) is 14.7. The quantitative estimate of drug-likeness (QED) is 0.839. The fourth-order valence-corrected chi connectivity index (χ4v) is 3.37. The number of ether oxygens (including phenoxy) is 1. The van der Waals surface area contributed by atoms with Gasteiger partial charge in [0, 0.05) is 25.7 Å². The van der Waals surface area contributed by atoms with Gasteiger partial charge in [-0.2, -0.15) is 0 Å². The number of hydrogen-bond acceptors (Lipinski definition) is 4. The smallest absolute Gasteiger partial charge is 0.255 e. The van der Waals surface area contributed by atoms with Gasteiger partial charge in [-0.1, -0.05) is 12.1 Å². The van der Waals surface area contributed by atoms with Crippen LogP contribution in [-0.4, -0.2) is 43.1 Å². The Bertz CT molecular complexity index is 475. The molecule has 2 atom stereocenters. The molecular weight excluding hydrogens is 266 g/mol. The van der Waals surface area contributed by atoms with Gasteiger partial charge in [-0.05, 0) is 43.0 Å². The molecule has 3 N–H and O–H groups in total. The number of rotatable bonds is 5. The van der Waals surface area contributed by atoms with E-state index in [2.05, 4.69) is 22.3 Å². The number of primary amides is 1. The summed E-state index contributed by atoms with van der Waals surface area (Å²) in [6, 6.07) is 8.61. The number of carbonyl (C=O) groups excluding carboxylic acids is 1. The highest BCUT2D eigenvalue weighted by Gasteiger charge is 2.33. The molecule has 1 amide bonds. The normalized spacial score (nSPS) is 25.5. The molecule has 0 aliphatic carbocycles. The Hall–Kier alpha value is -1.59. The van der Waals surface area contributed by atoms with Crippen LogP contribution in [0.3, 0.4) is 0 Å². The van der Waals surface area contributed by atoms with Crippen molar-refractivity contribution in [2.45, 2.75) is 25.4 Å². The topological polar surface area (TPSA) is 67.6 Å². The molecule has 2 heterocycles. The minimum absolute atomic E-state index is 0.0689. The van der Waals surface area contributed by atoms with Crippen molar-refractivity contribution in [1.29, 1.82) is 0 Å². The van der Waals surface area contributed by atoms with Crippen LogP contribution < -0.4 is 15.8 Å². The average molecular weight is 289 g/mol. The molecule has 0 saturated carbocycles. The number of nitrogens with zero attached hydrogens (tertiary/aromatic N) is 1. The number of fused-ring (bicyclic) bond motifs is 1. The van der Waals surface area contributed by atoms with E-state index in [9.17, 15) is 4.79 Å². The number of nitrogens with one attached hydrogen (secondary N) is 1. The lowest BCUT2D eigenvalue weighted by molar-refractivity contribution is -0.119. The van der Waals surface area contributed by atoms with Crippen molar-refractivity contribution in [2.75, 3.05) is 26.2 Å². The van der Waals surface area contributed by atoms with E-state index >= 15 is 0 Å². The largest absolute Gasteiger partial charge is 0.484 e. The van der Waals surface area contributed by atoms with Crippen LogP contribution in [0.4, 0.5) is 0 Å². The maximum atomic E-state index is 10.7. The second kappa shape index (κ2) is 6.45. The lowest BCUT2D eigenvalue weighted by Crippen LogP contribution is -2.40. The van der Waals surface area contributed by atoms with Crippen molar-refractivity contribution >= 4 is 5.91 Å². The first-order chi connectivity index (χ1) is 10.2. The molecule has 0 unspecified atom stereocenters. The van der Waals surface area contributed by atoms with E-state index in [1.54, 1.807) is 0 Å². The predicted molar refractivity (Wildman–Crippen MR) is 80.9 cm³/mol. The molecule has 5 nitrogen and oxygen atoms in total. The molecule has 3 rings (SSSR count). The summed E-state index contributed by atoms with van der Waals surface area (Å²) < 4.78 is 5.27. The standard InChI is InChI=1S/C16H23N3O2/c17-16(20)11-21-14-5-3-12(4-6-14)8-19-9-13-2-1-7-18-15(13)10-19/h3-6,13,15,18H,1-2,7-11H2,(H2,17,20)/t13-,15+/m0/s1. The molecule has 2 aliphatic rings. The summed E-state index contributed by atoms with van der Waals surface area (Å²) >= 11 is 0. The highest BCUT2D eigenvalue weighted by atomic mass is 16.5. The first-order valence-corrected chi connectivity index (χ1v) is 7.66. The van der Waals surface area contributed by atoms with E-state index in [4.69, 9.17) is 10.5 Å². The lowest BCUT2D eigenvalue weighted by atomic mass is 9.94. The van der Waals surface area contributed by atoms with Gasteiger partial charge in [0.15, 0.2) is 6.61 Å². The van der Waals surface area contributed by atoms with Gasteiger partial charge in [-0.25, -0.2) is 0 Å². The second-order valence-corrected chi connectivity index (χ2v) is 6.06. The van der Waals surface area contributed by atoms with Crippen LogP contribution in [0, 0.1) is 5.92 Å². The third kappa shape index (κ3) is 3.74. The number of carbonyl (C=O) groups is 1. The molecule has 1 aromatic carbocycles. The van der Waals surface area contributed by atoms with Crippen LogP contribution in [0.25, 0.3) is 0 Å². The van der Waals surface area contributed by atoms with E-state index in [1.807, 2.05) is 12.1 Å². The highest BCUT2D eigenvalue weighted by molar-refractivity contribution is 5.75. The SMILES string of the molecule is NC(=O)COc1ccc(CN2C[C@@H]3CCCN[C@@H]3C2)cc1. The summed E-state index contributed by atoms with van der Waals surface area (Å²) in [5.41, 5.74) is 6.34. The van der Waals surface area contributed by atoms with Crippen LogP contribution in [0.1, 0.15) is 18.4 Å². The fraction of sp³-hybridized carbons (Fsp3) is 0.562. The molecule has 2 fully saturated rings. The Kier molecular flexibility index (Phi) is 4.41. The number of benzene rings is 1. The number of nitrogens with two attached hydrogens (primary N) is 1. The Morgan fingerprint density at radius 2 is 2.14 bits per heavy atom. The summed E-state index contributed by atoms with van der Waals surface area (Å²) in [6.07, 6.45) is 2.66. The lowest BCUT2D eigenvalue weighted by Gasteiger charge is -2.24. The molecule has 1 aromatic rings. The molecule has 5 heteroatoms. The van der Waals surface area contributed by atoms with Gasteiger partial charge in [0.05, 0.1) is 0 Å². The summed E-state index contributed by atoms with van der Waals surface area (Å²) in [7, 11) is 0. The minimum atomic E-state index is -0.453.